The molecule has 10 heteroatoms. The molecule has 1 saturated heterocycles. The molecule has 2 heterocycles. The monoisotopic (exact) mass is 541 g/mol. The van der Waals surface area contributed by atoms with Crippen LogP contribution in [0.1, 0.15) is 29.6 Å². The van der Waals surface area contributed by atoms with Gasteiger partial charge in [-0.1, -0.05) is 30.9 Å². The number of carboxylic acids is 2. The Labute approximate surface area is 228 Å². The molecule has 3 rings (SSSR count). The molecule has 1 fully saturated rings. The number of aliphatic carboxylic acids is 2. The Kier molecular flexibility index (Phi) is 12.4. The van der Waals surface area contributed by atoms with Crippen LogP contribution in [0.2, 0.25) is 0 Å². The second-order valence-corrected chi connectivity index (χ2v) is 9.98. The van der Waals surface area contributed by atoms with E-state index in [1.807, 2.05) is 30.3 Å². The first-order valence-electron chi connectivity index (χ1n) is 12.8. The van der Waals surface area contributed by atoms with Crippen LogP contribution in [0.25, 0.3) is 10.9 Å². The average Bonchev–Trinajstić information content (AvgIpc) is 2.92. The molecule has 1 aromatic carbocycles. The van der Waals surface area contributed by atoms with Gasteiger partial charge >= 0.3 is 11.9 Å². The van der Waals surface area contributed by atoms with Crippen LogP contribution in [0.5, 0.6) is 0 Å². The number of aliphatic hydroxyl groups excluding tert-OH is 2. The Balaban J connectivity index is 0.000000455. The topological polar surface area (TPSA) is 152 Å². The van der Waals surface area contributed by atoms with E-state index in [-0.39, 0.29) is 5.78 Å². The van der Waals surface area contributed by atoms with E-state index in [2.05, 4.69) is 48.1 Å². The van der Waals surface area contributed by atoms with Crippen LogP contribution in [-0.4, -0.2) is 105 Å². The number of piperidine rings is 1. The lowest BCUT2D eigenvalue weighted by Gasteiger charge is -2.37. The highest BCUT2D eigenvalue weighted by Crippen LogP contribution is 2.31. The fraction of sp³-hybridized carbons (Fsp3) is 0.448. The predicted octanol–water partition coefficient (Wildman–Crippen LogP) is 2.32. The number of carbonyl (C=O) groups is 3. The average molecular weight is 542 g/mol. The molecule has 0 radical (unpaired) electrons. The maximum Gasteiger partial charge on any atom is 0.335 e. The SMILES string of the molecule is C=CC1CN(CCCN(C)C)CCC1CC(=C)C(=O)c1ccnc2ccccc12.O=C(O)C(O)C(O)C(=O)O. The molecular formula is C29H39N3O7. The van der Waals surface area contributed by atoms with Gasteiger partial charge in [-0.15, -0.1) is 6.58 Å². The van der Waals surface area contributed by atoms with Gasteiger partial charge in [0.2, 0.25) is 0 Å². The number of benzene rings is 1. The van der Waals surface area contributed by atoms with Crippen LogP contribution in [-0.2, 0) is 9.59 Å². The fourth-order valence-corrected chi connectivity index (χ4v) is 4.60. The van der Waals surface area contributed by atoms with Crippen molar-refractivity contribution < 1.29 is 34.8 Å². The Hall–Kier alpha value is -3.44. The van der Waals surface area contributed by atoms with Gasteiger partial charge in [-0.3, -0.25) is 9.78 Å². The number of hydrogen-bond acceptors (Lipinski definition) is 8. The van der Waals surface area contributed by atoms with E-state index in [1.54, 1.807) is 6.20 Å². The lowest BCUT2D eigenvalue weighted by Crippen LogP contribution is -2.41. The number of aliphatic hydroxyl groups is 2. The van der Waals surface area contributed by atoms with Gasteiger partial charge in [0.15, 0.2) is 18.0 Å². The number of likely N-dealkylation sites (tertiary alicyclic amines) is 1. The maximum atomic E-state index is 13.1. The molecule has 10 nitrogen and oxygen atoms in total. The van der Waals surface area contributed by atoms with E-state index in [9.17, 15) is 14.4 Å². The Morgan fingerprint density at radius 3 is 2.36 bits per heavy atom. The van der Waals surface area contributed by atoms with E-state index in [0.717, 1.165) is 49.9 Å². The van der Waals surface area contributed by atoms with Crippen molar-refractivity contribution in [2.24, 2.45) is 11.8 Å². The zero-order valence-corrected chi connectivity index (χ0v) is 22.6. The molecule has 212 valence electrons. The third-order valence-electron chi connectivity index (χ3n) is 6.80. The maximum absolute atomic E-state index is 13.1. The largest absolute Gasteiger partial charge is 0.479 e. The Morgan fingerprint density at radius 2 is 1.77 bits per heavy atom. The van der Waals surface area contributed by atoms with E-state index >= 15 is 0 Å². The summed E-state index contributed by atoms with van der Waals surface area (Å²) in [5, 5.41) is 33.4. The summed E-state index contributed by atoms with van der Waals surface area (Å²) in [6.45, 7) is 12.6. The second kappa shape index (κ2) is 15.2. The van der Waals surface area contributed by atoms with Crippen molar-refractivity contribution in [3.8, 4) is 0 Å². The van der Waals surface area contributed by atoms with Crippen LogP contribution in [0.3, 0.4) is 0 Å². The van der Waals surface area contributed by atoms with Crippen molar-refractivity contribution in [2.45, 2.75) is 31.5 Å². The third kappa shape index (κ3) is 9.36. The van der Waals surface area contributed by atoms with Gasteiger partial charge in [0.05, 0.1) is 5.52 Å². The molecule has 4 unspecified atom stereocenters. The number of pyridine rings is 1. The lowest BCUT2D eigenvalue weighted by atomic mass is 9.80. The van der Waals surface area contributed by atoms with Gasteiger partial charge in [0, 0.05) is 23.7 Å². The number of para-hydroxylation sites is 1. The molecule has 0 amide bonds. The molecule has 0 saturated carbocycles. The van der Waals surface area contributed by atoms with E-state index in [4.69, 9.17) is 20.4 Å². The zero-order valence-electron chi connectivity index (χ0n) is 22.6. The van der Waals surface area contributed by atoms with Crippen molar-refractivity contribution in [1.29, 1.82) is 0 Å². The quantitative estimate of drug-likeness (QED) is 0.179. The van der Waals surface area contributed by atoms with Crippen molar-refractivity contribution >= 4 is 28.6 Å². The number of aromatic nitrogens is 1. The summed E-state index contributed by atoms with van der Waals surface area (Å²) in [4.78, 5) is 41.8. The molecule has 0 bridgehead atoms. The summed E-state index contributed by atoms with van der Waals surface area (Å²) < 4.78 is 0. The minimum absolute atomic E-state index is 0.0415. The minimum atomic E-state index is -2.27. The molecule has 4 N–H and O–H groups in total. The molecule has 1 aromatic heterocycles. The molecular weight excluding hydrogens is 502 g/mol. The summed E-state index contributed by atoms with van der Waals surface area (Å²) in [5.41, 5.74) is 2.25. The Bertz CT molecular complexity index is 1140. The van der Waals surface area contributed by atoms with Gasteiger partial charge < -0.3 is 30.2 Å². The van der Waals surface area contributed by atoms with Gasteiger partial charge in [0.25, 0.3) is 0 Å². The van der Waals surface area contributed by atoms with Crippen LogP contribution in [0.4, 0.5) is 0 Å². The molecule has 1 aliphatic rings. The van der Waals surface area contributed by atoms with E-state index in [0.29, 0.717) is 23.0 Å². The van der Waals surface area contributed by atoms with Crippen LogP contribution in [0.15, 0.2) is 61.3 Å². The standard InChI is InChI=1S/C25H33N3O.C4H6O6/c1-5-20-18-28(15-8-14-27(3)4)16-12-21(20)17-19(2)25(29)23-11-13-26-24-10-7-6-9-22(23)24;5-1(3(7)8)2(6)4(9)10/h5-7,9-11,13,20-21H,1-2,8,12,14-18H2,3-4H3;1-2,5-6H,(H,7,8)(H,9,10). The lowest BCUT2D eigenvalue weighted by molar-refractivity contribution is -0.165. The smallest absolute Gasteiger partial charge is 0.335 e. The number of carbonyl (C=O) groups excluding carboxylic acids is 1. The van der Waals surface area contributed by atoms with Crippen LogP contribution in [0, 0.1) is 11.8 Å². The molecule has 39 heavy (non-hydrogen) atoms. The van der Waals surface area contributed by atoms with Gasteiger partial charge in [-0.2, -0.15) is 0 Å². The highest BCUT2D eigenvalue weighted by molar-refractivity contribution is 6.15. The molecule has 2 aromatic rings. The zero-order chi connectivity index (χ0) is 29.1. The number of rotatable bonds is 12. The van der Waals surface area contributed by atoms with Gasteiger partial charge in [-0.05, 0) is 82.5 Å². The Morgan fingerprint density at radius 1 is 1.13 bits per heavy atom. The van der Waals surface area contributed by atoms with Crippen LogP contribution >= 0.6 is 0 Å². The predicted molar refractivity (Wildman–Crippen MR) is 149 cm³/mol. The third-order valence-corrected chi connectivity index (χ3v) is 6.80. The van der Waals surface area contributed by atoms with E-state index in [1.165, 1.54) is 6.42 Å². The highest BCUT2D eigenvalue weighted by Gasteiger charge is 2.30. The number of hydrogen-bond donors (Lipinski definition) is 4. The normalized spacial score (nSPS) is 19.0. The second-order valence-electron chi connectivity index (χ2n) is 9.98. The van der Waals surface area contributed by atoms with Crippen molar-refractivity contribution in [1.82, 2.24) is 14.8 Å². The number of ketones is 1. The number of fused-ring (bicyclic) bond motifs is 1. The minimum Gasteiger partial charge on any atom is -0.479 e. The number of Topliss-reactive ketones (excluding diaryl/α,β-unsaturated/α-hetero) is 1. The first-order valence-corrected chi connectivity index (χ1v) is 12.8. The summed E-state index contributed by atoms with van der Waals surface area (Å²) >= 11 is 0. The van der Waals surface area contributed by atoms with Crippen molar-refractivity contribution in [2.75, 3.05) is 40.3 Å². The van der Waals surface area contributed by atoms with Crippen molar-refractivity contribution in [3.63, 3.8) is 0 Å². The summed E-state index contributed by atoms with van der Waals surface area (Å²) in [6.07, 6.45) is 2.25. The first kappa shape index (κ1) is 31.8. The molecule has 0 aliphatic carbocycles. The van der Waals surface area contributed by atoms with E-state index < -0.39 is 24.1 Å². The van der Waals surface area contributed by atoms with Gasteiger partial charge in [0.1, 0.15) is 0 Å². The first-order chi connectivity index (χ1) is 18.5. The fourth-order valence-electron chi connectivity index (χ4n) is 4.60. The van der Waals surface area contributed by atoms with Gasteiger partial charge in [-0.25, -0.2) is 9.59 Å². The highest BCUT2D eigenvalue weighted by atomic mass is 16.4. The number of carboxylic acid groups (broad SMARTS) is 2. The number of allylic oxidation sites excluding steroid dienone is 1. The molecule has 1 aliphatic heterocycles. The summed E-state index contributed by atoms with van der Waals surface area (Å²) in [7, 11) is 4.24. The van der Waals surface area contributed by atoms with Crippen LogP contribution < -0.4 is 0 Å². The summed E-state index contributed by atoms with van der Waals surface area (Å²) in [5.74, 6) is -2.66. The summed E-state index contributed by atoms with van der Waals surface area (Å²) in [6, 6.07) is 9.60. The number of nitrogens with zero attached hydrogens (tertiary/aromatic N) is 3. The van der Waals surface area contributed by atoms with Crippen molar-refractivity contribution in [3.05, 3.63) is 66.9 Å². The molecule has 4 atom stereocenters. The molecule has 0 spiro atoms.